The van der Waals surface area contributed by atoms with Crippen LogP contribution < -0.4 is 5.32 Å². The van der Waals surface area contributed by atoms with Gasteiger partial charge < -0.3 is 10.1 Å². The van der Waals surface area contributed by atoms with Gasteiger partial charge in [-0.25, -0.2) is 0 Å². The van der Waals surface area contributed by atoms with Crippen LogP contribution in [0.2, 0.25) is 0 Å². The van der Waals surface area contributed by atoms with Crippen molar-refractivity contribution in [2.45, 2.75) is 31.6 Å². The minimum Gasteiger partial charge on any atom is -0.469 e. The first-order chi connectivity index (χ1) is 10.3. The normalized spacial score (nSPS) is 19.5. The molecule has 3 rings (SSSR count). The molecule has 2 saturated carbocycles. The summed E-state index contributed by atoms with van der Waals surface area (Å²) in [7, 11) is 1.47. The first kappa shape index (κ1) is 14.6. The van der Waals surface area contributed by atoms with Gasteiger partial charge in [0.1, 0.15) is 0 Å². The number of hydrogen-bond acceptors (Lipinski definition) is 3. The van der Waals surface area contributed by atoms with Crippen molar-refractivity contribution < 1.29 is 9.53 Å². The zero-order valence-electron chi connectivity index (χ0n) is 12.8. The Morgan fingerprint density at radius 3 is 2.29 bits per heavy atom. The minimum absolute atomic E-state index is 0.150. The summed E-state index contributed by atoms with van der Waals surface area (Å²) in [4.78, 5) is 12.0. The zero-order chi connectivity index (χ0) is 14.7. The lowest BCUT2D eigenvalue weighted by atomic mass is 9.96. The minimum atomic E-state index is -0.199. The molecular weight excluding hydrogens is 262 g/mol. The molecule has 1 atom stereocenters. The standard InChI is InChI=1S/C18H25NO2/c1-21-18(20)17(13-5-3-2-4-6-13)12-19-11-16(14-7-8-14)15-9-10-15/h2-6,14-17,19H,7-12H2,1H3. The van der Waals surface area contributed by atoms with Gasteiger partial charge in [-0.2, -0.15) is 0 Å². The van der Waals surface area contributed by atoms with Crippen LogP contribution in [-0.2, 0) is 9.53 Å². The Balaban J connectivity index is 1.55. The van der Waals surface area contributed by atoms with E-state index in [1.54, 1.807) is 0 Å². The van der Waals surface area contributed by atoms with Crippen molar-refractivity contribution in [2.75, 3.05) is 20.2 Å². The summed E-state index contributed by atoms with van der Waals surface area (Å²) in [5.41, 5.74) is 1.03. The second kappa shape index (κ2) is 6.61. The van der Waals surface area contributed by atoms with Crippen LogP contribution in [0.4, 0.5) is 0 Å². The van der Waals surface area contributed by atoms with Crippen LogP contribution in [0.1, 0.15) is 37.2 Å². The van der Waals surface area contributed by atoms with E-state index in [0.29, 0.717) is 6.54 Å². The summed E-state index contributed by atoms with van der Waals surface area (Å²) in [6.45, 7) is 1.72. The van der Waals surface area contributed by atoms with E-state index in [-0.39, 0.29) is 11.9 Å². The van der Waals surface area contributed by atoms with Crippen molar-refractivity contribution >= 4 is 5.97 Å². The molecule has 0 aliphatic heterocycles. The number of methoxy groups -OCH3 is 1. The van der Waals surface area contributed by atoms with E-state index in [1.807, 2.05) is 30.3 Å². The van der Waals surface area contributed by atoms with Crippen molar-refractivity contribution in [1.82, 2.24) is 5.32 Å². The van der Waals surface area contributed by atoms with E-state index in [4.69, 9.17) is 4.74 Å². The Morgan fingerprint density at radius 1 is 1.14 bits per heavy atom. The maximum absolute atomic E-state index is 12.0. The molecule has 0 heterocycles. The van der Waals surface area contributed by atoms with Crippen LogP contribution in [0, 0.1) is 17.8 Å². The zero-order valence-corrected chi connectivity index (χ0v) is 12.8. The molecule has 1 unspecified atom stereocenters. The number of rotatable bonds is 8. The Morgan fingerprint density at radius 2 is 1.76 bits per heavy atom. The molecule has 114 valence electrons. The summed E-state index contributed by atoms with van der Waals surface area (Å²) < 4.78 is 4.96. The van der Waals surface area contributed by atoms with Gasteiger partial charge in [0.15, 0.2) is 0 Å². The van der Waals surface area contributed by atoms with Crippen LogP contribution >= 0.6 is 0 Å². The van der Waals surface area contributed by atoms with Crippen LogP contribution in [0.5, 0.6) is 0 Å². The van der Waals surface area contributed by atoms with Crippen LogP contribution in [0.15, 0.2) is 30.3 Å². The van der Waals surface area contributed by atoms with Gasteiger partial charge in [0, 0.05) is 6.54 Å². The van der Waals surface area contributed by atoms with Crippen molar-refractivity contribution in [3.8, 4) is 0 Å². The fourth-order valence-corrected chi connectivity index (χ4v) is 3.33. The Hall–Kier alpha value is -1.35. The summed E-state index contributed by atoms with van der Waals surface area (Å²) >= 11 is 0. The second-order valence-corrected chi connectivity index (χ2v) is 6.48. The van der Waals surface area contributed by atoms with E-state index >= 15 is 0 Å². The summed E-state index contributed by atoms with van der Waals surface area (Å²) in [5.74, 6) is 2.37. The molecule has 0 aromatic heterocycles. The van der Waals surface area contributed by atoms with E-state index in [9.17, 15) is 4.79 Å². The monoisotopic (exact) mass is 287 g/mol. The highest BCUT2D eigenvalue weighted by atomic mass is 16.5. The molecule has 21 heavy (non-hydrogen) atoms. The molecule has 2 aliphatic rings. The van der Waals surface area contributed by atoms with Gasteiger partial charge in [-0.1, -0.05) is 30.3 Å². The van der Waals surface area contributed by atoms with E-state index in [1.165, 1.54) is 32.8 Å². The molecule has 0 spiro atoms. The molecule has 0 saturated heterocycles. The SMILES string of the molecule is COC(=O)C(CNCC(C1CC1)C1CC1)c1ccccc1. The van der Waals surface area contributed by atoms with Crippen molar-refractivity contribution in [3.05, 3.63) is 35.9 Å². The van der Waals surface area contributed by atoms with Crippen molar-refractivity contribution in [2.24, 2.45) is 17.8 Å². The fraction of sp³-hybridized carbons (Fsp3) is 0.611. The van der Waals surface area contributed by atoms with Gasteiger partial charge >= 0.3 is 5.97 Å². The van der Waals surface area contributed by atoms with Crippen LogP contribution in [-0.4, -0.2) is 26.2 Å². The Labute approximate surface area is 127 Å². The molecule has 2 fully saturated rings. The number of carbonyl (C=O) groups excluding carboxylic acids is 1. The fourth-order valence-electron chi connectivity index (χ4n) is 3.33. The first-order valence-electron chi connectivity index (χ1n) is 8.13. The van der Waals surface area contributed by atoms with E-state index < -0.39 is 0 Å². The van der Waals surface area contributed by atoms with E-state index in [2.05, 4.69) is 5.32 Å². The topological polar surface area (TPSA) is 38.3 Å². The largest absolute Gasteiger partial charge is 0.469 e. The number of carbonyl (C=O) groups is 1. The molecule has 1 N–H and O–H groups in total. The van der Waals surface area contributed by atoms with Gasteiger partial charge in [-0.3, -0.25) is 4.79 Å². The van der Waals surface area contributed by atoms with Gasteiger partial charge in [0.2, 0.25) is 0 Å². The third kappa shape index (κ3) is 3.85. The number of hydrogen-bond donors (Lipinski definition) is 1. The number of nitrogens with one attached hydrogen (secondary N) is 1. The summed E-state index contributed by atoms with van der Waals surface area (Å²) in [5, 5.41) is 3.54. The first-order valence-corrected chi connectivity index (χ1v) is 8.13. The van der Waals surface area contributed by atoms with Crippen LogP contribution in [0.25, 0.3) is 0 Å². The van der Waals surface area contributed by atoms with Gasteiger partial charge in [0.25, 0.3) is 0 Å². The lowest BCUT2D eigenvalue weighted by Gasteiger charge is -2.20. The summed E-state index contributed by atoms with van der Waals surface area (Å²) in [6, 6.07) is 9.93. The van der Waals surface area contributed by atoms with E-state index in [0.717, 1.165) is 29.9 Å². The number of benzene rings is 1. The number of ether oxygens (including phenoxy) is 1. The third-order valence-electron chi connectivity index (χ3n) is 4.87. The lowest BCUT2D eigenvalue weighted by molar-refractivity contribution is -0.142. The average Bonchev–Trinajstić information content (AvgIpc) is 3.40. The predicted octanol–water partition coefficient (Wildman–Crippen LogP) is 2.97. The van der Waals surface area contributed by atoms with Gasteiger partial charge in [-0.15, -0.1) is 0 Å². The number of esters is 1. The van der Waals surface area contributed by atoms with Gasteiger partial charge in [0.05, 0.1) is 13.0 Å². The maximum atomic E-state index is 12.0. The Kier molecular flexibility index (Phi) is 4.59. The second-order valence-electron chi connectivity index (χ2n) is 6.48. The van der Waals surface area contributed by atoms with Crippen molar-refractivity contribution in [1.29, 1.82) is 0 Å². The molecule has 2 aliphatic carbocycles. The smallest absolute Gasteiger partial charge is 0.314 e. The Bertz CT molecular complexity index is 453. The van der Waals surface area contributed by atoms with Gasteiger partial charge in [-0.05, 0) is 55.5 Å². The molecule has 1 aromatic carbocycles. The predicted molar refractivity (Wildman–Crippen MR) is 83.0 cm³/mol. The highest BCUT2D eigenvalue weighted by Crippen LogP contribution is 2.48. The molecule has 0 bridgehead atoms. The third-order valence-corrected chi connectivity index (χ3v) is 4.87. The molecule has 3 nitrogen and oxygen atoms in total. The molecule has 0 amide bonds. The molecule has 1 aromatic rings. The molecule has 0 radical (unpaired) electrons. The lowest BCUT2D eigenvalue weighted by Crippen LogP contribution is -2.32. The quantitative estimate of drug-likeness (QED) is 0.747. The highest BCUT2D eigenvalue weighted by Gasteiger charge is 2.41. The molecule has 3 heteroatoms. The van der Waals surface area contributed by atoms with Crippen LogP contribution in [0.3, 0.4) is 0 Å². The maximum Gasteiger partial charge on any atom is 0.314 e. The summed E-state index contributed by atoms with van der Waals surface area (Å²) in [6.07, 6.45) is 5.62. The molecular formula is C18H25NO2. The highest BCUT2D eigenvalue weighted by molar-refractivity contribution is 5.78. The average molecular weight is 287 g/mol. The van der Waals surface area contributed by atoms with Crippen molar-refractivity contribution in [3.63, 3.8) is 0 Å².